The second-order valence-electron chi connectivity index (χ2n) is 7.59. The highest BCUT2D eigenvalue weighted by atomic mass is 32.1. The standard InChI is InChI=1S/C22H22N4O2S2/c27-19(7-6-15-4-2-1-3-5-15)23-16-8-10-25(11-9-16)21(28)18-14-17-20(30-18)24-22-26(17)12-13-29-22/h1-5,12-14,16H,6-11H2,(H,23,27). The van der Waals surface area contributed by atoms with Gasteiger partial charge in [-0.1, -0.05) is 30.3 Å². The molecule has 2 amide bonds. The molecule has 0 spiro atoms. The highest BCUT2D eigenvalue weighted by molar-refractivity contribution is 7.21. The Morgan fingerprint density at radius 2 is 1.97 bits per heavy atom. The molecule has 1 aliphatic rings. The van der Waals surface area contributed by atoms with Crippen molar-refractivity contribution in [1.82, 2.24) is 19.6 Å². The number of thiophene rings is 1. The number of amides is 2. The lowest BCUT2D eigenvalue weighted by atomic mass is 10.0. The van der Waals surface area contributed by atoms with Gasteiger partial charge in [0.2, 0.25) is 5.91 Å². The van der Waals surface area contributed by atoms with E-state index in [4.69, 9.17) is 0 Å². The lowest BCUT2D eigenvalue weighted by Gasteiger charge is -2.32. The van der Waals surface area contributed by atoms with Crippen molar-refractivity contribution in [3.8, 4) is 0 Å². The summed E-state index contributed by atoms with van der Waals surface area (Å²) < 4.78 is 2.03. The van der Waals surface area contributed by atoms with E-state index in [-0.39, 0.29) is 17.9 Å². The minimum absolute atomic E-state index is 0.0656. The van der Waals surface area contributed by atoms with E-state index in [1.807, 2.05) is 57.3 Å². The number of piperidine rings is 1. The quantitative estimate of drug-likeness (QED) is 0.513. The Morgan fingerprint density at radius 1 is 1.17 bits per heavy atom. The van der Waals surface area contributed by atoms with Crippen LogP contribution < -0.4 is 5.32 Å². The van der Waals surface area contributed by atoms with Gasteiger partial charge in [0.1, 0.15) is 4.83 Å². The summed E-state index contributed by atoms with van der Waals surface area (Å²) in [6.45, 7) is 1.33. The first-order valence-corrected chi connectivity index (χ1v) is 11.8. The van der Waals surface area contributed by atoms with Gasteiger partial charge in [0.15, 0.2) is 4.96 Å². The van der Waals surface area contributed by atoms with E-state index >= 15 is 0 Å². The normalized spacial score (nSPS) is 15.1. The molecule has 154 valence electrons. The minimum atomic E-state index is 0.0656. The number of thiazole rings is 1. The van der Waals surface area contributed by atoms with Gasteiger partial charge in [-0.05, 0) is 30.9 Å². The maximum atomic E-state index is 12.9. The summed E-state index contributed by atoms with van der Waals surface area (Å²) in [6, 6.07) is 12.2. The van der Waals surface area contributed by atoms with Crippen LogP contribution in [-0.4, -0.2) is 45.2 Å². The number of carbonyl (C=O) groups is 2. The largest absolute Gasteiger partial charge is 0.353 e. The average Bonchev–Trinajstić information content (AvgIpc) is 3.46. The maximum absolute atomic E-state index is 12.9. The fraction of sp³-hybridized carbons (Fsp3) is 0.318. The predicted molar refractivity (Wildman–Crippen MR) is 120 cm³/mol. The summed E-state index contributed by atoms with van der Waals surface area (Å²) in [4.78, 5) is 34.3. The molecule has 6 nitrogen and oxygen atoms in total. The average molecular weight is 439 g/mol. The highest BCUT2D eigenvalue weighted by Crippen LogP contribution is 2.29. The van der Waals surface area contributed by atoms with Crippen molar-refractivity contribution in [3.05, 3.63) is 58.4 Å². The van der Waals surface area contributed by atoms with Crippen LogP contribution in [-0.2, 0) is 11.2 Å². The van der Waals surface area contributed by atoms with Crippen LogP contribution in [0.1, 0.15) is 34.5 Å². The Morgan fingerprint density at radius 3 is 2.77 bits per heavy atom. The molecular weight excluding hydrogens is 416 g/mol. The molecule has 4 heterocycles. The van der Waals surface area contributed by atoms with Crippen LogP contribution in [0.25, 0.3) is 15.3 Å². The Balaban J connectivity index is 1.14. The van der Waals surface area contributed by atoms with Crippen LogP contribution in [0, 0.1) is 0 Å². The molecule has 30 heavy (non-hydrogen) atoms. The molecule has 0 radical (unpaired) electrons. The number of rotatable bonds is 5. The van der Waals surface area contributed by atoms with Gasteiger partial charge >= 0.3 is 0 Å². The van der Waals surface area contributed by atoms with E-state index in [1.165, 1.54) is 16.9 Å². The van der Waals surface area contributed by atoms with Gasteiger partial charge in [0, 0.05) is 37.1 Å². The molecule has 0 aliphatic carbocycles. The number of hydrogen-bond acceptors (Lipinski definition) is 5. The second-order valence-corrected chi connectivity index (χ2v) is 9.49. The van der Waals surface area contributed by atoms with E-state index < -0.39 is 0 Å². The molecule has 1 aromatic carbocycles. The number of nitrogens with one attached hydrogen (secondary N) is 1. The first kappa shape index (κ1) is 19.3. The third-order valence-corrected chi connectivity index (χ3v) is 7.34. The third-order valence-electron chi connectivity index (χ3n) is 5.58. The van der Waals surface area contributed by atoms with Crippen molar-refractivity contribution in [2.75, 3.05) is 13.1 Å². The van der Waals surface area contributed by atoms with E-state index in [2.05, 4.69) is 10.3 Å². The molecule has 4 aromatic rings. The molecule has 0 atom stereocenters. The van der Waals surface area contributed by atoms with Crippen LogP contribution >= 0.6 is 22.7 Å². The van der Waals surface area contributed by atoms with Gasteiger partial charge in [0.05, 0.1) is 10.4 Å². The fourth-order valence-corrected chi connectivity index (χ4v) is 5.71. The summed E-state index contributed by atoms with van der Waals surface area (Å²) in [5, 5.41) is 5.14. The van der Waals surface area contributed by atoms with Gasteiger partial charge in [-0.3, -0.25) is 14.0 Å². The summed E-state index contributed by atoms with van der Waals surface area (Å²) >= 11 is 3.05. The van der Waals surface area contributed by atoms with Crippen molar-refractivity contribution < 1.29 is 9.59 Å². The number of benzene rings is 1. The molecular formula is C22H22N4O2S2. The summed E-state index contributed by atoms with van der Waals surface area (Å²) in [7, 11) is 0. The molecule has 0 unspecified atom stereocenters. The lowest BCUT2D eigenvalue weighted by molar-refractivity contribution is -0.122. The number of aryl methyl sites for hydroxylation is 1. The van der Waals surface area contributed by atoms with Crippen molar-refractivity contribution >= 4 is 49.8 Å². The topological polar surface area (TPSA) is 66.7 Å². The molecule has 0 bridgehead atoms. The molecule has 3 aromatic heterocycles. The SMILES string of the molecule is O=C(CCc1ccccc1)NC1CCN(C(=O)c2cc3c(nc4sccn43)s2)CC1. The Labute approximate surface area is 182 Å². The van der Waals surface area contributed by atoms with Crippen molar-refractivity contribution in [3.63, 3.8) is 0 Å². The zero-order chi connectivity index (χ0) is 20.5. The van der Waals surface area contributed by atoms with Crippen molar-refractivity contribution in [2.24, 2.45) is 0 Å². The van der Waals surface area contributed by atoms with Gasteiger partial charge < -0.3 is 10.2 Å². The number of aromatic nitrogens is 2. The highest BCUT2D eigenvalue weighted by Gasteiger charge is 2.26. The van der Waals surface area contributed by atoms with Gasteiger partial charge in [0.25, 0.3) is 5.91 Å². The lowest BCUT2D eigenvalue weighted by Crippen LogP contribution is -2.46. The zero-order valence-electron chi connectivity index (χ0n) is 16.4. The Bertz CT molecular complexity index is 1190. The molecule has 5 rings (SSSR count). The summed E-state index contributed by atoms with van der Waals surface area (Å²) in [5.41, 5.74) is 2.18. The molecule has 1 N–H and O–H groups in total. The van der Waals surface area contributed by atoms with Crippen LogP contribution in [0.15, 0.2) is 48.0 Å². The molecule has 1 aliphatic heterocycles. The number of fused-ring (bicyclic) bond motifs is 3. The number of nitrogens with zero attached hydrogens (tertiary/aromatic N) is 3. The molecule has 8 heteroatoms. The van der Waals surface area contributed by atoms with E-state index in [1.54, 1.807) is 11.3 Å². The third kappa shape index (κ3) is 3.85. The zero-order valence-corrected chi connectivity index (χ0v) is 18.0. The Kier molecular flexibility index (Phi) is 5.26. The van der Waals surface area contributed by atoms with Crippen molar-refractivity contribution in [1.29, 1.82) is 0 Å². The maximum Gasteiger partial charge on any atom is 0.264 e. The van der Waals surface area contributed by atoms with Gasteiger partial charge in [-0.2, -0.15) is 0 Å². The summed E-state index contributed by atoms with van der Waals surface area (Å²) in [5.74, 6) is 0.152. The molecule has 1 saturated heterocycles. The number of hydrogen-bond donors (Lipinski definition) is 1. The Hall–Kier alpha value is -2.71. The van der Waals surface area contributed by atoms with Crippen LogP contribution in [0.3, 0.4) is 0 Å². The van der Waals surface area contributed by atoms with Crippen LogP contribution in [0.5, 0.6) is 0 Å². The number of imidazole rings is 1. The first-order chi connectivity index (χ1) is 14.7. The molecule has 1 fully saturated rings. The summed E-state index contributed by atoms with van der Waals surface area (Å²) in [6.07, 6.45) is 4.82. The molecule has 0 saturated carbocycles. The number of likely N-dealkylation sites (tertiary alicyclic amines) is 1. The van der Waals surface area contributed by atoms with Crippen LogP contribution in [0.2, 0.25) is 0 Å². The number of carbonyl (C=O) groups excluding carboxylic acids is 2. The monoisotopic (exact) mass is 438 g/mol. The van der Waals surface area contributed by atoms with Gasteiger partial charge in [-0.25, -0.2) is 4.98 Å². The van der Waals surface area contributed by atoms with Crippen molar-refractivity contribution in [2.45, 2.75) is 31.7 Å². The first-order valence-electron chi connectivity index (χ1n) is 10.1. The van der Waals surface area contributed by atoms with E-state index in [0.717, 1.165) is 39.4 Å². The smallest absolute Gasteiger partial charge is 0.264 e. The van der Waals surface area contributed by atoms with Crippen LogP contribution in [0.4, 0.5) is 0 Å². The van der Waals surface area contributed by atoms with E-state index in [0.29, 0.717) is 19.5 Å². The fourth-order valence-electron chi connectivity index (χ4n) is 3.94. The minimum Gasteiger partial charge on any atom is -0.353 e. The predicted octanol–water partition coefficient (Wildman–Crippen LogP) is 3.96. The van der Waals surface area contributed by atoms with E-state index in [9.17, 15) is 9.59 Å². The van der Waals surface area contributed by atoms with Gasteiger partial charge in [-0.15, -0.1) is 22.7 Å². The second kappa shape index (κ2) is 8.20.